The molecule has 0 saturated heterocycles. The predicted octanol–water partition coefficient (Wildman–Crippen LogP) is 3.12. The van der Waals surface area contributed by atoms with Crippen molar-refractivity contribution in [2.45, 2.75) is 6.04 Å². The van der Waals surface area contributed by atoms with Crippen LogP contribution in [-0.2, 0) is 4.79 Å². The number of para-hydroxylation sites is 1. The Balaban J connectivity index is 2.32. The van der Waals surface area contributed by atoms with Crippen molar-refractivity contribution >= 4 is 23.2 Å². The first-order valence-corrected chi connectivity index (χ1v) is 6.01. The number of anilines is 1. The van der Waals surface area contributed by atoms with Gasteiger partial charge < -0.3 is 11.1 Å². The molecule has 98 valence electrons. The zero-order valence-electron chi connectivity index (χ0n) is 9.94. The van der Waals surface area contributed by atoms with Crippen molar-refractivity contribution in [2.24, 2.45) is 5.73 Å². The van der Waals surface area contributed by atoms with Crippen LogP contribution in [0.25, 0.3) is 0 Å². The highest BCUT2D eigenvalue weighted by atomic mass is 35.5. The highest BCUT2D eigenvalue weighted by Gasteiger charge is 2.19. The second-order valence-electron chi connectivity index (χ2n) is 4.01. The highest BCUT2D eigenvalue weighted by Crippen LogP contribution is 2.23. The lowest BCUT2D eigenvalue weighted by molar-refractivity contribution is -0.118. The van der Waals surface area contributed by atoms with Gasteiger partial charge in [-0.1, -0.05) is 35.9 Å². The zero-order chi connectivity index (χ0) is 13.8. The van der Waals surface area contributed by atoms with Gasteiger partial charge in [0, 0.05) is 5.02 Å². The fourth-order valence-corrected chi connectivity index (χ4v) is 1.94. The van der Waals surface area contributed by atoms with E-state index in [1.165, 1.54) is 12.1 Å². The zero-order valence-corrected chi connectivity index (χ0v) is 10.7. The van der Waals surface area contributed by atoms with Crippen molar-refractivity contribution < 1.29 is 9.18 Å². The number of amides is 1. The summed E-state index contributed by atoms with van der Waals surface area (Å²) in [5, 5.41) is 3.27. The molecule has 0 aliphatic carbocycles. The molecule has 0 fully saturated rings. The lowest BCUT2D eigenvalue weighted by atomic mass is 10.1. The van der Waals surface area contributed by atoms with Crippen LogP contribution in [-0.4, -0.2) is 5.91 Å². The summed E-state index contributed by atoms with van der Waals surface area (Å²) in [5.41, 5.74) is 6.15. The van der Waals surface area contributed by atoms with E-state index >= 15 is 0 Å². The Labute approximate surface area is 115 Å². The molecule has 1 amide bonds. The molecule has 0 bridgehead atoms. The fraction of sp³-hybridized carbons (Fsp3) is 0.0714. The maximum absolute atomic E-state index is 13.6. The molecule has 0 aliphatic heterocycles. The molecule has 0 spiro atoms. The van der Waals surface area contributed by atoms with Crippen LogP contribution in [0, 0.1) is 5.82 Å². The van der Waals surface area contributed by atoms with E-state index < -0.39 is 17.8 Å². The van der Waals surface area contributed by atoms with Crippen molar-refractivity contribution in [3.05, 3.63) is 64.9 Å². The van der Waals surface area contributed by atoms with E-state index in [9.17, 15) is 9.18 Å². The third-order valence-corrected chi connectivity index (χ3v) is 2.88. The first-order valence-electron chi connectivity index (χ1n) is 5.64. The minimum atomic E-state index is -0.837. The molecule has 0 radical (unpaired) electrons. The minimum Gasteiger partial charge on any atom is -0.368 e. The van der Waals surface area contributed by atoms with Crippen LogP contribution in [0.1, 0.15) is 11.6 Å². The fourth-order valence-electron chi connectivity index (χ4n) is 1.74. The number of nitrogens with two attached hydrogens (primary N) is 1. The highest BCUT2D eigenvalue weighted by molar-refractivity contribution is 6.30. The maximum Gasteiger partial charge on any atom is 0.244 e. The van der Waals surface area contributed by atoms with Crippen LogP contribution in [0.3, 0.4) is 0 Å². The van der Waals surface area contributed by atoms with Gasteiger partial charge in [-0.3, -0.25) is 4.79 Å². The molecule has 19 heavy (non-hydrogen) atoms. The van der Waals surface area contributed by atoms with E-state index in [0.29, 0.717) is 10.6 Å². The third kappa shape index (κ3) is 3.23. The normalized spacial score (nSPS) is 11.9. The molecule has 2 rings (SSSR count). The van der Waals surface area contributed by atoms with Crippen molar-refractivity contribution in [1.82, 2.24) is 0 Å². The van der Waals surface area contributed by atoms with Gasteiger partial charge in [-0.05, 0) is 29.8 Å². The molecule has 3 nitrogen and oxygen atoms in total. The quantitative estimate of drug-likeness (QED) is 0.903. The Kier molecular flexibility index (Phi) is 4.02. The summed E-state index contributed by atoms with van der Waals surface area (Å²) >= 11 is 5.87. The monoisotopic (exact) mass is 278 g/mol. The molecule has 0 aliphatic rings. The van der Waals surface area contributed by atoms with Crippen LogP contribution in [0.5, 0.6) is 0 Å². The van der Waals surface area contributed by atoms with Crippen LogP contribution < -0.4 is 11.1 Å². The number of hydrogen-bond acceptors (Lipinski definition) is 2. The molecule has 1 unspecified atom stereocenters. The second kappa shape index (κ2) is 5.71. The van der Waals surface area contributed by atoms with Gasteiger partial charge >= 0.3 is 0 Å². The second-order valence-corrected chi connectivity index (χ2v) is 4.45. The van der Waals surface area contributed by atoms with Crippen molar-refractivity contribution in [3.63, 3.8) is 0 Å². The predicted molar refractivity (Wildman–Crippen MR) is 73.4 cm³/mol. The van der Waals surface area contributed by atoms with Gasteiger partial charge in [0.2, 0.25) is 5.91 Å². The van der Waals surface area contributed by atoms with Gasteiger partial charge in [-0.25, -0.2) is 4.39 Å². The van der Waals surface area contributed by atoms with E-state index in [1.54, 1.807) is 36.4 Å². The smallest absolute Gasteiger partial charge is 0.244 e. The van der Waals surface area contributed by atoms with E-state index in [-0.39, 0.29) is 5.69 Å². The summed E-state index contributed by atoms with van der Waals surface area (Å²) < 4.78 is 13.6. The Morgan fingerprint density at radius 2 is 1.95 bits per heavy atom. The van der Waals surface area contributed by atoms with Gasteiger partial charge in [0.1, 0.15) is 11.9 Å². The molecular weight excluding hydrogens is 267 g/mol. The van der Waals surface area contributed by atoms with E-state index in [1.807, 2.05) is 0 Å². The summed E-state index contributed by atoms with van der Waals surface area (Å²) in [6, 6.07) is 12.0. The minimum absolute atomic E-state index is 0.214. The van der Waals surface area contributed by atoms with Gasteiger partial charge in [-0.2, -0.15) is 0 Å². The van der Waals surface area contributed by atoms with Crippen LogP contribution >= 0.6 is 11.6 Å². The number of carbonyl (C=O) groups excluding carboxylic acids is 1. The molecular formula is C14H12ClFN2O. The van der Waals surface area contributed by atoms with Crippen molar-refractivity contribution in [1.29, 1.82) is 0 Å². The molecule has 3 N–H and O–H groups in total. The summed E-state index contributed by atoms with van der Waals surface area (Å²) in [4.78, 5) is 11.5. The number of rotatable bonds is 4. The largest absolute Gasteiger partial charge is 0.368 e. The maximum atomic E-state index is 13.6. The molecule has 5 heteroatoms. The summed E-state index contributed by atoms with van der Waals surface area (Å²) in [5.74, 6) is -1.05. The molecule has 0 aromatic heterocycles. The molecule has 1 atom stereocenters. The van der Waals surface area contributed by atoms with Crippen LogP contribution in [0.15, 0.2) is 48.5 Å². The first-order chi connectivity index (χ1) is 9.08. The Morgan fingerprint density at radius 1 is 1.21 bits per heavy atom. The standard InChI is InChI=1S/C14H12ClFN2O/c15-10-5-3-4-9(8-10)13(14(17)19)18-12-7-2-1-6-11(12)16/h1-8,13,18H,(H2,17,19). The Hall–Kier alpha value is -2.07. The summed E-state index contributed by atoms with van der Waals surface area (Å²) in [6.45, 7) is 0. The Bertz CT molecular complexity index is 604. The van der Waals surface area contributed by atoms with Crippen LogP contribution in [0.4, 0.5) is 10.1 Å². The first kappa shape index (κ1) is 13.4. The van der Waals surface area contributed by atoms with Crippen molar-refractivity contribution in [3.8, 4) is 0 Å². The SMILES string of the molecule is NC(=O)C(Nc1ccccc1F)c1cccc(Cl)c1. The van der Waals surface area contributed by atoms with Gasteiger partial charge in [-0.15, -0.1) is 0 Å². The van der Waals surface area contributed by atoms with Gasteiger partial charge in [0.15, 0.2) is 0 Å². The van der Waals surface area contributed by atoms with Crippen LogP contribution in [0.2, 0.25) is 5.02 Å². The number of primary amides is 1. The number of hydrogen-bond donors (Lipinski definition) is 2. The van der Waals surface area contributed by atoms with Gasteiger partial charge in [0.05, 0.1) is 5.69 Å². The van der Waals surface area contributed by atoms with Crippen molar-refractivity contribution in [2.75, 3.05) is 5.32 Å². The lowest BCUT2D eigenvalue weighted by Crippen LogP contribution is -2.28. The topological polar surface area (TPSA) is 55.1 Å². The average Bonchev–Trinajstić information content (AvgIpc) is 2.37. The molecule has 0 saturated carbocycles. The Morgan fingerprint density at radius 3 is 2.58 bits per heavy atom. The number of benzene rings is 2. The lowest BCUT2D eigenvalue weighted by Gasteiger charge is -2.17. The molecule has 2 aromatic rings. The van der Waals surface area contributed by atoms with E-state index in [2.05, 4.69) is 5.32 Å². The summed E-state index contributed by atoms with van der Waals surface area (Å²) in [6.07, 6.45) is 0. The third-order valence-electron chi connectivity index (χ3n) is 2.64. The van der Waals surface area contributed by atoms with Gasteiger partial charge in [0.25, 0.3) is 0 Å². The number of nitrogens with one attached hydrogen (secondary N) is 1. The number of halogens is 2. The molecule has 0 heterocycles. The van der Waals surface area contributed by atoms with E-state index in [0.717, 1.165) is 0 Å². The number of carbonyl (C=O) groups is 1. The average molecular weight is 279 g/mol. The van der Waals surface area contributed by atoms with E-state index in [4.69, 9.17) is 17.3 Å². The summed E-state index contributed by atoms with van der Waals surface area (Å²) in [7, 11) is 0. The molecule has 2 aromatic carbocycles.